The normalized spacial score (nSPS) is 29.2. The smallest absolute Gasteiger partial charge is 0.123 e. The summed E-state index contributed by atoms with van der Waals surface area (Å²) in [5.74, 6) is 1.39. The Kier molecular flexibility index (Phi) is 3.88. The average molecular weight is 261 g/mol. The first kappa shape index (κ1) is 13.1. The summed E-state index contributed by atoms with van der Waals surface area (Å²) < 4.78 is 12.9. The molecule has 104 valence electrons. The van der Waals surface area contributed by atoms with Crippen LogP contribution in [0.25, 0.3) is 0 Å². The van der Waals surface area contributed by atoms with Crippen LogP contribution < -0.4 is 5.32 Å². The quantitative estimate of drug-likeness (QED) is 0.854. The Morgan fingerprint density at radius 3 is 2.37 bits per heavy atom. The number of halogens is 1. The number of hydrogen-bond acceptors (Lipinski definition) is 1. The molecule has 0 aromatic heterocycles. The Labute approximate surface area is 115 Å². The fourth-order valence-corrected chi connectivity index (χ4v) is 3.73. The van der Waals surface area contributed by atoms with Gasteiger partial charge in [0.15, 0.2) is 0 Å². The van der Waals surface area contributed by atoms with Crippen LogP contribution in [0.15, 0.2) is 24.3 Å². The fraction of sp³-hybridized carbons (Fsp3) is 0.647. The second-order valence-corrected chi connectivity index (χ2v) is 6.42. The highest BCUT2D eigenvalue weighted by molar-refractivity contribution is 5.23. The summed E-state index contributed by atoms with van der Waals surface area (Å²) in [6.45, 7) is 2.35. The molecule has 0 amide bonds. The standard InChI is InChI=1S/C17H24FN/c1-12(13-4-2-3-5-13)19-17-10-15(11-17)14-6-8-16(18)9-7-14/h6-9,12-13,15,17,19H,2-5,10-11H2,1H3/t12-,15?,17?/m0/s1. The zero-order valence-corrected chi connectivity index (χ0v) is 11.7. The van der Waals surface area contributed by atoms with E-state index in [0.717, 1.165) is 5.92 Å². The monoisotopic (exact) mass is 261 g/mol. The summed E-state index contributed by atoms with van der Waals surface area (Å²) >= 11 is 0. The van der Waals surface area contributed by atoms with Gasteiger partial charge in [0.25, 0.3) is 0 Å². The molecular formula is C17H24FN. The Morgan fingerprint density at radius 1 is 1.11 bits per heavy atom. The lowest BCUT2D eigenvalue weighted by molar-refractivity contribution is 0.239. The van der Waals surface area contributed by atoms with Crippen LogP contribution in [0.1, 0.15) is 56.9 Å². The van der Waals surface area contributed by atoms with Gasteiger partial charge in [-0.2, -0.15) is 0 Å². The first-order chi connectivity index (χ1) is 9.22. The van der Waals surface area contributed by atoms with Gasteiger partial charge in [-0.05, 0) is 62.1 Å². The maximum Gasteiger partial charge on any atom is 0.123 e. The van der Waals surface area contributed by atoms with Gasteiger partial charge in [-0.25, -0.2) is 4.39 Å². The number of nitrogens with one attached hydrogen (secondary N) is 1. The molecule has 1 atom stereocenters. The van der Waals surface area contributed by atoms with Gasteiger partial charge in [-0.3, -0.25) is 0 Å². The van der Waals surface area contributed by atoms with Crippen molar-refractivity contribution < 1.29 is 4.39 Å². The van der Waals surface area contributed by atoms with E-state index in [1.54, 1.807) is 12.1 Å². The molecule has 0 aliphatic heterocycles. The Bertz CT molecular complexity index is 402. The van der Waals surface area contributed by atoms with E-state index in [2.05, 4.69) is 12.2 Å². The topological polar surface area (TPSA) is 12.0 Å². The van der Waals surface area contributed by atoms with Crippen LogP contribution in [-0.4, -0.2) is 12.1 Å². The molecule has 0 unspecified atom stereocenters. The van der Waals surface area contributed by atoms with Crippen LogP contribution >= 0.6 is 0 Å². The summed E-state index contributed by atoms with van der Waals surface area (Å²) in [6.07, 6.45) is 8.06. The second kappa shape index (κ2) is 5.62. The van der Waals surface area contributed by atoms with E-state index in [9.17, 15) is 4.39 Å². The Hall–Kier alpha value is -0.890. The van der Waals surface area contributed by atoms with Crippen molar-refractivity contribution in [1.82, 2.24) is 5.32 Å². The van der Waals surface area contributed by atoms with Gasteiger partial charge in [0.05, 0.1) is 0 Å². The van der Waals surface area contributed by atoms with Crippen molar-refractivity contribution in [3.8, 4) is 0 Å². The molecule has 19 heavy (non-hydrogen) atoms. The molecule has 1 N–H and O–H groups in total. The van der Waals surface area contributed by atoms with Gasteiger partial charge >= 0.3 is 0 Å². The van der Waals surface area contributed by atoms with E-state index < -0.39 is 0 Å². The highest BCUT2D eigenvalue weighted by Crippen LogP contribution is 2.38. The van der Waals surface area contributed by atoms with Crippen LogP contribution in [0.2, 0.25) is 0 Å². The van der Waals surface area contributed by atoms with Crippen molar-refractivity contribution in [2.75, 3.05) is 0 Å². The van der Waals surface area contributed by atoms with Crippen LogP contribution in [0.5, 0.6) is 0 Å². The molecule has 0 heterocycles. The summed E-state index contributed by atoms with van der Waals surface area (Å²) in [5.41, 5.74) is 1.30. The molecule has 0 bridgehead atoms. The summed E-state index contributed by atoms with van der Waals surface area (Å²) in [4.78, 5) is 0. The summed E-state index contributed by atoms with van der Waals surface area (Å²) in [5, 5.41) is 3.80. The highest BCUT2D eigenvalue weighted by atomic mass is 19.1. The molecule has 2 aliphatic rings. The van der Waals surface area contributed by atoms with E-state index in [1.165, 1.54) is 44.1 Å². The van der Waals surface area contributed by atoms with Crippen LogP contribution in [-0.2, 0) is 0 Å². The first-order valence-corrected chi connectivity index (χ1v) is 7.74. The van der Waals surface area contributed by atoms with Gasteiger partial charge in [-0.15, -0.1) is 0 Å². The predicted octanol–water partition coefficient (Wildman–Crippen LogP) is 4.24. The van der Waals surface area contributed by atoms with E-state index in [-0.39, 0.29) is 5.82 Å². The van der Waals surface area contributed by atoms with Gasteiger partial charge < -0.3 is 5.32 Å². The molecule has 0 saturated heterocycles. The zero-order chi connectivity index (χ0) is 13.2. The van der Waals surface area contributed by atoms with Crippen molar-refractivity contribution in [3.63, 3.8) is 0 Å². The maximum absolute atomic E-state index is 12.9. The van der Waals surface area contributed by atoms with Crippen LogP contribution in [0.4, 0.5) is 4.39 Å². The number of hydrogen-bond donors (Lipinski definition) is 1. The van der Waals surface area contributed by atoms with Gasteiger partial charge in [-0.1, -0.05) is 25.0 Å². The zero-order valence-electron chi connectivity index (χ0n) is 11.7. The predicted molar refractivity (Wildman–Crippen MR) is 76.7 cm³/mol. The molecule has 0 radical (unpaired) electrons. The SMILES string of the molecule is C[C@H](NC1CC(c2ccc(F)cc2)C1)C1CCCC1. The lowest BCUT2D eigenvalue weighted by atomic mass is 9.75. The number of benzene rings is 1. The van der Waals surface area contributed by atoms with Crippen LogP contribution in [0, 0.1) is 11.7 Å². The van der Waals surface area contributed by atoms with E-state index in [0.29, 0.717) is 18.0 Å². The van der Waals surface area contributed by atoms with E-state index in [1.807, 2.05) is 12.1 Å². The van der Waals surface area contributed by atoms with Gasteiger partial charge in [0.2, 0.25) is 0 Å². The molecule has 2 fully saturated rings. The molecule has 2 aliphatic carbocycles. The largest absolute Gasteiger partial charge is 0.311 e. The molecule has 1 nitrogen and oxygen atoms in total. The third kappa shape index (κ3) is 3.00. The molecule has 1 aromatic rings. The Balaban J connectivity index is 1.46. The fourth-order valence-electron chi connectivity index (χ4n) is 3.73. The highest BCUT2D eigenvalue weighted by Gasteiger charge is 2.32. The lowest BCUT2D eigenvalue weighted by Gasteiger charge is -2.39. The van der Waals surface area contributed by atoms with Crippen LogP contribution in [0.3, 0.4) is 0 Å². The second-order valence-electron chi connectivity index (χ2n) is 6.42. The minimum absolute atomic E-state index is 0.132. The first-order valence-electron chi connectivity index (χ1n) is 7.74. The third-order valence-corrected chi connectivity index (χ3v) is 5.09. The Morgan fingerprint density at radius 2 is 1.74 bits per heavy atom. The van der Waals surface area contributed by atoms with Crippen molar-refractivity contribution in [2.24, 2.45) is 5.92 Å². The van der Waals surface area contributed by atoms with Gasteiger partial charge in [0, 0.05) is 12.1 Å². The van der Waals surface area contributed by atoms with E-state index >= 15 is 0 Å². The minimum Gasteiger partial charge on any atom is -0.311 e. The molecular weight excluding hydrogens is 237 g/mol. The van der Waals surface area contributed by atoms with Crippen molar-refractivity contribution in [2.45, 2.75) is 63.5 Å². The average Bonchev–Trinajstić information content (AvgIpc) is 2.88. The lowest BCUT2D eigenvalue weighted by Crippen LogP contribution is -2.46. The van der Waals surface area contributed by atoms with E-state index in [4.69, 9.17) is 0 Å². The van der Waals surface area contributed by atoms with Crippen molar-refractivity contribution in [1.29, 1.82) is 0 Å². The van der Waals surface area contributed by atoms with Gasteiger partial charge in [0.1, 0.15) is 5.82 Å². The minimum atomic E-state index is -0.132. The van der Waals surface area contributed by atoms with Crippen molar-refractivity contribution >= 4 is 0 Å². The summed E-state index contributed by atoms with van der Waals surface area (Å²) in [7, 11) is 0. The van der Waals surface area contributed by atoms with Crippen molar-refractivity contribution in [3.05, 3.63) is 35.6 Å². The number of rotatable bonds is 4. The molecule has 2 heteroatoms. The molecule has 3 rings (SSSR count). The molecule has 0 spiro atoms. The third-order valence-electron chi connectivity index (χ3n) is 5.09. The molecule has 1 aromatic carbocycles. The molecule has 2 saturated carbocycles. The summed E-state index contributed by atoms with van der Waals surface area (Å²) in [6, 6.07) is 8.38. The maximum atomic E-state index is 12.9.